The van der Waals surface area contributed by atoms with Crippen LogP contribution in [0.2, 0.25) is 0 Å². The Bertz CT molecular complexity index is 676. The summed E-state index contributed by atoms with van der Waals surface area (Å²) in [4.78, 5) is 17.3. The van der Waals surface area contributed by atoms with Gasteiger partial charge in [-0.1, -0.05) is 33.8 Å². The van der Waals surface area contributed by atoms with E-state index in [0.717, 1.165) is 44.2 Å². The third-order valence-corrected chi connectivity index (χ3v) is 6.79. The van der Waals surface area contributed by atoms with Gasteiger partial charge in [0, 0.05) is 38.6 Å². The van der Waals surface area contributed by atoms with Crippen LogP contribution in [0.25, 0.3) is 0 Å². The average molecular weight is 344 g/mol. The summed E-state index contributed by atoms with van der Waals surface area (Å²) in [6, 6.07) is 6.14. The second-order valence-corrected chi connectivity index (χ2v) is 8.67. The number of benzene rings is 1. The smallest absolute Gasteiger partial charge is 0.231 e. The normalized spacial score (nSPS) is 24.4. The highest BCUT2D eigenvalue weighted by atomic mass is 16.7. The van der Waals surface area contributed by atoms with E-state index in [2.05, 4.69) is 49.6 Å². The van der Waals surface area contributed by atoms with E-state index in [9.17, 15) is 4.79 Å². The predicted molar refractivity (Wildman–Crippen MR) is 95.5 cm³/mol. The fourth-order valence-electron chi connectivity index (χ4n) is 4.42. The third kappa shape index (κ3) is 2.69. The lowest BCUT2D eigenvalue weighted by atomic mass is 10.0. The predicted octanol–water partition coefficient (Wildman–Crippen LogP) is 2.74. The fourth-order valence-corrected chi connectivity index (χ4v) is 4.42. The van der Waals surface area contributed by atoms with Crippen molar-refractivity contribution in [3.63, 3.8) is 0 Å². The zero-order valence-electron chi connectivity index (χ0n) is 15.7. The van der Waals surface area contributed by atoms with E-state index in [4.69, 9.17) is 9.47 Å². The molecule has 0 atom stereocenters. The Morgan fingerprint density at radius 1 is 1.04 bits per heavy atom. The summed E-state index contributed by atoms with van der Waals surface area (Å²) in [5, 5.41) is 0. The first-order valence-corrected chi connectivity index (χ1v) is 9.20. The van der Waals surface area contributed by atoms with Gasteiger partial charge in [0.2, 0.25) is 12.7 Å². The minimum absolute atomic E-state index is 0.119. The van der Waals surface area contributed by atoms with Crippen LogP contribution in [0.15, 0.2) is 18.2 Å². The molecule has 1 saturated carbocycles. The second-order valence-electron chi connectivity index (χ2n) is 8.67. The van der Waals surface area contributed by atoms with Crippen LogP contribution in [0.1, 0.15) is 33.3 Å². The van der Waals surface area contributed by atoms with E-state index in [1.54, 1.807) is 0 Å². The maximum absolute atomic E-state index is 12.9. The van der Waals surface area contributed by atoms with Crippen LogP contribution in [0.4, 0.5) is 0 Å². The van der Waals surface area contributed by atoms with Crippen LogP contribution in [0.3, 0.4) is 0 Å². The Labute approximate surface area is 149 Å². The van der Waals surface area contributed by atoms with Crippen LogP contribution in [-0.4, -0.2) is 48.7 Å². The van der Waals surface area contributed by atoms with E-state index in [-0.39, 0.29) is 16.7 Å². The van der Waals surface area contributed by atoms with Crippen molar-refractivity contribution < 1.29 is 14.3 Å². The number of carbonyl (C=O) groups is 1. The van der Waals surface area contributed by atoms with Crippen LogP contribution in [0.5, 0.6) is 11.5 Å². The van der Waals surface area contributed by atoms with Gasteiger partial charge in [-0.2, -0.15) is 0 Å². The molecule has 5 nitrogen and oxygen atoms in total. The highest BCUT2D eigenvalue weighted by Gasteiger charge is 2.68. The van der Waals surface area contributed by atoms with Gasteiger partial charge in [0.05, 0.1) is 0 Å². The molecule has 0 N–H and O–H groups in total. The minimum Gasteiger partial charge on any atom is -0.454 e. The monoisotopic (exact) mass is 344 g/mol. The number of nitrogens with zero attached hydrogens (tertiary/aromatic N) is 2. The van der Waals surface area contributed by atoms with Crippen LogP contribution in [0, 0.1) is 16.7 Å². The zero-order valence-corrected chi connectivity index (χ0v) is 15.7. The molecule has 1 aromatic carbocycles. The van der Waals surface area contributed by atoms with Gasteiger partial charge in [0.1, 0.15) is 0 Å². The summed E-state index contributed by atoms with van der Waals surface area (Å²) in [5.41, 5.74) is 1.47. The number of fused-ring (bicyclic) bond motifs is 1. The lowest BCUT2D eigenvalue weighted by Gasteiger charge is -2.35. The van der Waals surface area contributed by atoms with E-state index in [1.165, 1.54) is 5.56 Å². The minimum atomic E-state index is 0.119. The van der Waals surface area contributed by atoms with Crippen molar-refractivity contribution >= 4 is 5.91 Å². The van der Waals surface area contributed by atoms with Crippen molar-refractivity contribution in [2.45, 2.75) is 34.2 Å². The van der Waals surface area contributed by atoms with Crippen molar-refractivity contribution in [1.29, 1.82) is 0 Å². The fraction of sp³-hybridized carbons (Fsp3) is 0.650. The summed E-state index contributed by atoms with van der Waals surface area (Å²) < 4.78 is 10.8. The molecule has 0 unspecified atom stereocenters. The standard InChI is InChI=1S/C20H28N2O3/c1-19(2)17(20(19,3)4)18(23)22-9-7-21(8-10-22)12-14-5-6-15-16(11-14)25-13-24-15/h5-6,11,17H,7-10,12-13H2,1-4H3. The number of carbonyl (C=O) groups excluding carboxylic acids is 1. The Kier molecular flexibility index (Phi) is 3.76. The molecule has 136 valence electrons. The number of rotatable bonds is 3. The molecule has 5 heteroatoms. The van der Waals surface area contributed by atoms with Crippen molar-refractivity contribution in [3.05, 3.63) is 23.8 Å². The number of ether oxygens (including phenoxy) is 2. The molecule has 25 heavy (non-hydrogen) atoms. The van der Waals surface area contributed by atoms with E-state index >= 15 is 0 Å². The van der Waals surface area contributed by atoms with Crippen molar-refractivity contribution in [2.24, 2.45) is 16.7 Å². The molecule has 0 bridgehead atoms. The quantitative estimate of drug-likeness (QED) is 0.846. The zero-order chi connectivity index (χ0) is 17.8. The number of piperazine rings is 1. The van der Waals surface area contributed by atoms with Gasteiger partial charge < -0.3 is 14.4 Å². The molecule has 1 saturated heterocycles. The summed E-state index contributed by atoms with van der Waals surface area (Å²) in [6.07, 6.45) is 0. The Morgan fingerprint density at radius 2 is 1.68 bits per heavy atom. The van der Waals surface area contributed by atoms with Gasteiger partial charge in [-0.3, -0.25) is 9.69 Å². The van der Waals surface area contributed by atoms with E-state index < -0.39 is 0 Å². The topological polar surface area (TPSA) is 42.0 Å². The first-order chi connectivity index (χ1) is 11.8. The van der Waals surface area contributed by atoms with Gasteiger partial charge in [-0.15, -0.1) is 0 Å². The summed E-state index contributed by atoms with van der Waals surface area (Å²) in [6.45, 7) is 13.6. The maximum Gasteiger partial charge on any atom is 0.231 e. The summed E-state index contributed by atoms with van der Waals surface area (Å²) in [7, 11) is 0. The third-order valence-electron chi connectivity index (χ3n) is 6.79. The molecule has 2 heterocycles. The van der Waals surface area contributed by atoms with Crippen LogP contribution < -0.4 is 9.47 Å². The second kappa shape index (κ2) is 5.63. The van der Waals surface area contributed by atoms with Gasteiger partial charge in [0.15, 0.2) is 11.5 Å². The molecule has 2 fully saturated rings. The molecule has 0 radical (unpaired) electrons. The van der Waals surface area contributed by atoms with Crippen molar-refractivity contribution in [2.75, 3.05) is 33.0 Å². The molecule has 3 aliphatic rings. The van der Waals surface area contributed by atoms with Crippen molar-refractivity contribution in [1.82, 2.24) is 9.80 Å². The molecule has 1 aromatic rings. The molecule has 2 aliphatic heterocycles. The largest absolute Gasteiger partial charge is 0.454 e. The summed E-state index contributed by atoms with van der Waals surface area (Å²) in [5.74, 6) is 2.18. The number of hydrogen-bond donors (Lipinski definition) is 0. The van der Waals surface area contributed by atoms with E-state index in [0.29, 0.717) is 12.7 Å². The number of amides is 1. The molecule has 0 aromatic heterocycles. The van der Waals surface area contributed by atoms with Crippen LogP contribution >= 0.6 is 0 Å². The highest BCUT2D eigenvalue weighted by Crippen LogP contribution is 2.68. The number of hydrogen-bond acceptors (Lipinski definition) is 4. The Balaban J connectivity index is 1.32. The molecule has 1 amide bonds. The summed E-state index contributed by atoms with van der Waals surface area (Å²) >= 11 is 0. The van der Waals surface area contributed by atoms with Gasteiger partial charge in [-0.05, 0) is 28.5 Å². The molecular formula is C20H28N2O3. The Hall–Kier alpha value is -1.75. The molecular weight excluding hydrogens is 316 g/mol. The average Bonchev–Trinajstić information content (AvgIpc) is 2.90. The lowest BCUT2D eigenvalue weighted by Crippen LogP contribution is -2.49. The SMILES string of the molecule is CC1(C)C(C(=O)N2CCN(Cc3ccc4c(c3)OCO4)CC2)C1(C)C. The Morgan fingerprint density at radius 3 is 2.32 bits per heavy atom. The van der Waals surface area contributed by atoms with Gasteiger partial charge in [0.25, 0.3) is 0 Å². The highest BCUT2D eigenvalue weighted by molar-refractivity contribution is 5.84. The molecule has 4 rings (SSSR count). The van der Waals surface area contributed by atoms with Crippen LogP contribution in [-0.2, 0) is 11.3 Å². The lowest BCUT2D eigenvalue weighted by molar-refractivity contribution is -0.135. The van der Waals surface area contributed by atoms with Gasteiger partial charge in [-0.25, -0.2) is 0 Å². The molecule has 1 aliphatic carbocycles. The van der Waals surface area contributed by atoms with Gasteiger partial charge >= 0.3 is 0 Å². The van der Waals surface area contributed by atoms with E-state index in [1.807, 2.05) is 6.07 Å². The maximum atomic E-state index is 12.9. The molecule has 0 spiro atoms. The first kappa shape index (κ1) is 16.7. The van der Waals surface area contributed by atoms with Crippen molar-refractivity contribution in [3.8, 4) is 11.5 Å². The first-order valence-electron chi connectivity index (χ1n) is 9.20.